The molecule has 1 aromatic carbocycles. The molecule has 0 saturated heterocycles. The highest BCUT2D eigenvalue weighted by molar-refractivity contribution is 9.10. The summed E-state index contributed by atoms with van der Waals surface area (Å²) in [6.07, 6.45) is 0. The Bertz CT molecular complexity index is 288. The van der Waals surface area contributed by atoms with Gasteiger partial charge in [-0.05, 0) is 12.1 Å². The zero-order chi connectivity index (χ0) is 7.56. The molecule has 0 atom stereocenters. The minimum absolute atomic E-state index is 0.556. The van der Waals surface area contributed by atoms with Crippen LogP contribution >= 0.6 is 15.9 Å². The summed E-state index contributed by atoms with van der Waals surface area (Å²) in [6.45, 7) is 6.72. The largest absolute Gasteiger partial charge is 0.400 e. The summed E-state index contributed by atoms with van der Waals surface area (Å²) < 4.78 is 0.789. The van der Waals surface area contributed by atoms with Gasteiger partial charge in [0.05, 0.1) is 6.57 Å². The minimum atomic E-state index is 0.556. The predicted octanol–water partition coefficient (Wildman–Crippen LogP) is 2.58. The van der Waals surface area contributed by atoms with Crippen LogP contribution in [-0.4, -0.2) is 0 Å². The van der Waals surface area contributed by atoms with Crippen molar-refractivity contribution in [2.24, 2.45) is 0 Å². The summed E-state index contributed by atoms with van der Waals surface area (Å²) >= 11 is 3.22. The van der Waals surface area contributed by atoms with Gasteiger partial charge in [0.15, 0.2) is 0 Å². The Morgan fingerprint density at radius 2 is 2.20 bits per heavy atom. The first kappa shape index (κ1) is 7.10. The normalized spacial score (nSPS) is 8.80. The van der Waals surface area contributed by atoms with Crippen LogP contribution in [0, 0.1) is 6.57 Å². The van der Waals surface area contributed by atoms with Crippen LogP contribution in [-0.2, 0) is 0 Å². The van der Waals surface area contributed by atoms with Gasteiger partial charge in [-0.25, -0.2) is 4.85 Å². The fraction of sp³-hybridized carbons (Fsp3) is 0. The fourth-order valence-corrected chi connectivity index (χ4v) is 0.951. The molecular formula is C7H5BrN2. The van der Waals surface area contributed by atoms with Gasteiger partial charge in [-0.15, -0.1) is 0 Å². The lowest BCUT2D eigenvalue weighted by atomic mass is 10.3. The van der Waals surface area contributed by atoms with Crippen LogP contribution in [0.5, 0.6) is 0 Å². The Balaban J connectivity index is 3.25. The molecule has 0 bridgehead atoms. The molecule has 10 heavy (non-hydrogen) atoms. The molecule has 50 valence electrons. The van der Waals surface area contributed by atoms with Crippen LogP contribution < -0.4 is 5.73 Å². The van der Waals surface area contributed by atoms with Crippen LogP contribution in [0.15, 0.2) is 22.7 Å². The highest BCUT2D eigenvalue weighted by Crippen LogP contribution is 2.26. The summed E-state index contributed by atoms with van der Waals surface area (Å²) in [5.41, 5.74) is 6.61. The lowest BCUT2D eigenvalue weighted by Crippen LogP contribution is -1.81. The van der Waals surface area contributed by atoms with E-state index in [0.717, 1.165) is 4.47 Å². The number of benzene rings is 1. The highest BCUT2D eigenvalue weighted by atomic mass is 79.9. The first-order chi connectivity index (χ1) is 4.74. The lowest BCUT2D eigenvalue weighted by molar-refractivity contribution is 1.65. The minimum Gasteiger partial charge on any atom is -0.400 e. The molecule has 3 heteroatoms. The second-order valence-corrected chi connectivity index (χ2v) is 2.68. The monoisotopic (exact) mass is 196 g/mol. The SMILES string of the molecule is [C-]#[N+]c1cc(N)ccc1Br. The van der Waals surface area contributed by atoms with Crippen molar-refractivity contribution >= 4 is 27.3 Å². The summed E-state index contributed by atoms with van der Waals surface area (Å²) in [7, 11) is 0. The third-order valence-electron chi connectivity index (χ3n) is 1.09. The summed E-state index contributed by atoms with van der Waals surface area (Å²) in [4.78, 5) is 3.25. The second kappa shape index (κ2) is 2.72. The Morgan fingerprint density at radius 1 is 1.50 bits per heavy atom. The van der Waals surface area contributed by atoms with E-state index in [1.54, 1.807) is 18.2 Å². The molecule has 0 aliphatic rings. The maximum atomic E-state index is 6.72. The Morgan fingerprint density at radius 3 is 2.70 bits per heavy atom. The summed E-state index contributed by atoms with van der Waals surface area (Å²) in [5.74, 6) is 0. The molecule has 0 saturated carbocycles. The van der Waals surface area contributed by atoms with Crippen LogP contribution in [0.4, 0.5) is 11.4 Å². The van der Waals surface area contributed by atoms with Crippen LogP contribution in [0.1, 0.15) is 0 Å². The predicted molar refractivity (Wildman–Crippen MR) is 44.8 cm³/mol. The van der Waals surface area contributed by atoms with Crippen molar-refractivity contribution in [3.63, 3.8) is 0 Å². The van der Waals surface area contributed by atoms with E-state index in [2.05, 4.69) is 20.8 Å². The Hall–Kier alpha value is -1.01. The zero-order valence-corrected chi connectivity index (χ0v) is 6.72. The Labute approximate surface area is 67.6 Å². The van der Waals surface area contributed by atoms with E-state index in [1.165, 1.54) is 0 Å². The Kier molecular flexibility index (Phi) is 1.93. The van der Waals surface area contributed by atoms with Gasteiger partial charge in [0.1, 0.15) is 0 Å². The van der Waals surface area contributed by atoms with E-state index in [9.17, 15) is 0 Å². The zero-order valence-electron chi connectivity index (χ0n) is 5.13. The molecule has 2 nitrogen and oxygen atoms in total. The third-order valence-corrected chi connectivity index (χ3v) is 1.76. The van der Waals surface area contributed by atoms with Gasteiger partial charge in [-0.1, -0.05) is 22.0 Å². The van der Waals surface area contributed by atoms with Crippen molar-refractivity contribution in [2.45, 2.75) is 0 Å². The van der Waals surface area contributed by atoms with Gasteiger partial charge < -0.3 is 5.73 Å². The van der Waals surface area contributed by atoms with E-state index in [4.69, 9.17) is 12.3 Å². The van der Waals surface area contributed by atoms with E-state index >= 15 is 0 Å². The molecule has 2 N–H and O–H groups in total. The van der Waals surface area contributed by atoms with Gasteiger partial charge in [-0.2, -0.15) is 0 Å². The molecule has 1 rings (SSSR count). The molecular weight excluding hydrogens is 192 g/mol. The highest BCUT2D eigenvalue weighted by Gasteiger charge is 1.96. The molecule has 1 aromatic rings. The molecule has 0 fully saturated rings. The standard InChI is InChI=1S/C7H5BrN2/c1-10-7-4-5(9)2-3-6(7)8/h2-4H,9H2. The number of hydrogen-bond acceptors (Lipinski definition) is 1. The number of hydrogen-bond donors (Lipinski definition) is 1. The summed E-state index contributed by atoms with van der Waals surface area (Å²) in [6, 6.07) is 5.15. The van der Waals surface area contributed by atoms with Crippen LogP contribution in [0.25, 0.3) is 4.85 Å². The number of halogens is 1. The fourth-order valence-electron chi connectivity index (χ4n) is 0.615. The van der Waals surface area contributed by atoms with Gasteiger partial charge >= 0.3 is 0 Å². The van der Waals surface area contributed by atoms with E-state index < -0.39 is 0 Å². The molecule has 0 spiro atoms. The average molecular weight is 197 g/mol. The van der Waals surface area contributed by atoms with Gasteiger partial charge in [0, 0.05) is 10.2 Å². The van der Waals surface area contributed by atoms with Gasteiger partial charge in [-0.3, -0.25) is 0 Å². The van der Waals surface area contributed by atoms with Gasteiger partial charge in [0.25, 0.3) is 0 Å². The molecule has 0 heterocycles. The number of nitrogens with zero attached hydrogens (tertiary/aromatic N) is 1. The van der Waals surface area contributed by atoms with Crippen molar-refractivity contribution in [3.05, 3.63) is 34.1 Å². The number of nitrogens with two attached hydrogens (primary N) is 1. The van der Waals surface area contributed by atoms with Crippen LogP contribution in [0.2, 0.25) is 0 Å². The van der Waals surface area contributed by atoms with E-state index in [-0.39, 0.29) is 0 Å². The summed E-state index contributed by atoms with van der Waals surface area (Å²) in [5, 5.41) is 0. The number of rotatable bonds is 0. The van der Waals surface area contributed by atoms with Crippen molar-refractivity contribution in [2.75, 3.05) is 5.73 Å². The molecule has 0 aromatic heterocycles. The third kappa shape index (κ3) is 1.28. The number of anilines is 1. The molecule has 0 unspecified atom stereocenters. The van der Waals surface area contributed by atoms with Gasteiger partial charge in [0.2, 0.25) is 5.69 Å². The van der Waals surface area contributed by atoms with Crippen molar-refractivity contribution in [1.82, 2.24) is 0 Å². The second-order valence-electron chi connectivity index (χ2n) is 1.82. The molecule has 0 radical (unpaired) electrons. The van der Waals surface area contributed by atoms with Crippen molar-refractivity contribution in [3.8, 4) is 0 Å². The van der Waals surface area contributed by atoms with Crippen molar-refractivity contribution in [1.29, 1.82) is 0 Å². The maximum absolute atomic E-state index is 6.72. The topological polar surface area (TPSA) is 30.4 Å². The maximum Gasteiger partial charge on any atom is 0.203 e. The molecule has 0 aliphatic carbocycles. The number of nitrogen functional groups attached to an aromatic ring is 1. The van der Waals surface area contributed by atoms with E-state index in [0.29, 0.717) is 11.4 Å². The molecule has 0 amide bonds. The first-order valence-corrected chi connectivity index (χ1v) is 3.46. The first-order valence-electron chi connectivity index (χ1n) is 2.66. The van der Waals surface area contributed by atoms with E-state index in [1.807, 2.05) is 0 Å². The quantitative estimate of drug-likeness (QED) is 0.502. The average Bonchev–Trinajstić information content (AvgIpc) is 1.94. The van der Waals surface area contributed by atoms with Crippen molar-refractivity contribution < 1.29 is 0 Å². The lowest BCUT2D eigenvalue weighted by Gasteiger charge is -1.94. The van der Waals surface area contributed by atoms with Crippen LogP contribution in [0.3, 0.4) is 0 Å². The molecule has 0 aliphatic heterocycles. The smallest absolute Gasteiger partial charge is 0.203 e.